The lowest BCUT2D eigenvalue weighted by Gasteiger charge is -2.33. The number of aromatic nitrogens is 1. The number of anilines is 1. The van der Waals surface area contributed by atoms with Crippen LogP contribution in [-0.2, 0) is 29.0 Å². The largest absolute Gasteiger partial charge is 0.508 e. The molecule has 3 heterocycles. The highest BCUT2D eigenvalue weighted by atomic mass is 16.3. The molecule has 128 valence electrons. The minimum Gasteiger partial charge on any atom is -0.508 e. The van der Waals surface area contributed by atoms with E-state index in [1.165, 1.54) is 4.90 Å². The van der Waals surface area contributed by atoms with Gasteiger partial charge in [0.25, 0.3) is 0 Å². The number of phenolic OH excluding ortho intramolecular Hbond substituents is 1. The normalized spacial score (nSPS) is 16.4. The van der Waals surface area contributed by atoms with E-state index in [-0.39, 0.29) is 24.1 Å². The van der Waals surface area contributed by atoms with Gasteiger partial charge in [-0.15, -0.1) is 0 Å². The number of amides is 2. The van der Waals surface area contributed by atoms with Gasteiger partial charge in [-0.3, -0.25) is 14.5 Å². The van der Waals surface area contributed by atoms with E-state index in [1.807, 2.05) is 18.2 Å². The van der Waals surface area contributed by atoms with E-state index >= 15 is 0 Å². The zero-order chi connectivity index (χ0) is 17.4. The number of rotatable bonds is 2. The molecule has 6 nitrogen and oxygen atoms in total. The minimum absolute atomic E-state index is 0.0241. The maximum Gasteiger partial charge on any atom is 0.243 e. The Kier molecular flexibility index (Phi) is 3.87. The van der Waals surface area contributed by atoms with E-state index < -0.39 is 0 Å². The van der Waals surface area contributed by atoms with Crippen LogP contribution in [0.15, 0.2) is 36.5 Å². The number of pyridine rings is 1. The molecule has 2 aliphatic heterocycles. The second-order valence-corrected chi connectivity index (χ2v) is 6.48. The average Bonchev–Trinajstić information content (AvgIpc) is 2.63. The molecule has 0 saturated heterocycles. The van der Waals surface area contributed by atoms with E-state index in [0.29, 0.717) is 38.2 Å². The fraction of sp³-hybridized carbons (Fsp3) is 0.316. The number of aromatic hydroxyl groups is 1. The maximum absolute atomic E-state index is 12.8. The molecule has 0 atom stereocenters. The smallest absolute Gasteiger partial charge is 0.243 e. The number of carbonyl (C=O) groups excluding carboxylic acids is 2. The molecule has 0 fully saturated rings. The molecule has 1 aromatic heterocycles. The summed E-state index contributed by atoms with van der Waals surface area (Å²) in [6.07, 6.45) is 3.44. The molecule has 4 rings (SSSR count). The first-order chi connectivity index (χ1) is 12.1. The third-order valence-electron chi connectivity index (χ3n) is 4.88. The van der Waals surface area contributed by atoms with Gasteiger partial charge in [-0.05, 0) is 47.7 Å². The van der Waals surface area contributed by atoms with E-state index in [4.69, 9.17) is 0 Å². The number of phenols is 1. The zero-order valence-electron chi connectivity index (χ0n) is 13.8. The second kappa shape index (κ2) is 6.20. The molecule has 2 aromatic rings. The summed E-state index contributed by atoms with van der Waals surface area (Å²) in [5.41, 5.74) is 3.13. The van der Waals surface area contributed by atoms with Crippen molar-refractivity contribution in [3.8, 4) is 5.75 Å². The molecule has 2 aliphatic rings. The molecule has 0 radical (unpaired) electrons. The molecule has 2 amide bonds. The molecule has 1 aromatic carbocycles. The van der Waals surface area contributed by atoms with E-state index in [2.05, 4.69) is 4.98 Å². The van der Waals surface area contributed by atoms with E-state index in [9.17, 15) is 14.7 Å². The number of fused-ring (bicyclic) bond motifs is 2. The summed E-state index contributed by atoms with van der Waals surface area (Å²) >= 11 is 0. The van der Waals surface area contributed by atoms with Gasteiger partial charge in [0.2, 0.25) is 11.8 Å². The lowest BCUT2D eigenvalue weighted by atomic mass is 9.99. The van der Waals surface area contributed by atoms with Gasteiger partial charge < -0.3 is 10.0 Å². The molecule has 25 heavy (non-hydrogen) atoms. The Morgan fingerprint density at radius 2 is 2.00 bits per heavy atom. The van der Waals surface area contributed by atoms with Gasteiger partial charge in [-0.25, -0.2) is 4.98 Å². The number of hydrogen-bond donors (Lipinski definition) is 1. The van der Waals surface area contributed by atoms with Gasteiger partial charge in [0.15, 0.2) is 0 Å². The Morgan fingerprint density at radius 3 is 2.88 bits per heavy atom. The fourth-order valence-electron chi connectivity index (χ4n) is 3.51. The van der Waals surface area contributed by atoms with Gasteiger partial charge in [0, 0.05) is 25.7 Å². The number of carbonyl (C=O) groups is 2. The summed E-state index contributed by atoms with van der Waals surface area (Å²) in [5, 5.41) is 9.57. The number of aryl methyl sites for hydroxylation is 1. The first kappa shape index (κ1) is 15.6. The molecule has 6 heteroatoms. The molecular weight excluding hydrogens is 318 g/mol. The van der Waals surface area contributed by atoms with E-state index in [1.54, 1.807) is 23.2 Å². The van der Waals surface area contributed by atoms with Crippen molar-refractivity contribution in [1.82, 2.24) is 9.88 Å². The lowest BCUT2D eigenvalue weighted by molar-refractivity contribution is -0.132. The number of benzene rings is 1. The van der Waals surface area contributed by atoms with Crippen LogP contribution in [0, 0.1) is 0 Å². The van der Waals surface area contributed by atoms with Crippen LogP contribution >= 0.6 is 0 Å². The molecule has 0 spiro atoms. The third-order valence-corrected chi connectivity index (χ3v) is 4.88. The van der Waals surface area contributed by atoms with Crippen LogP contribution in [0.5, 0.6) is 5.75 Å². The van der Waals surface area contributed by atoms with Crippen molar-refractivity contribution in [2.45, 2.75) is 25.8 Å². The Balaban J connectivity index is 1.51. The molecule has 0 bridgehead atoms. The van der Waals surface area contributed by atoms with Gasteiger partial charge >= 0.3 is 0 Å². The van der Waals surface area contributed by atoms with Gasteiger partial charge in [0.05, 0.1) is 0 Å². The van der Waals surface area contributed by atoms with Crippen LogP contribution in [0.3, 0.4) is 0 Å². The predicted octanol–water partition coefficient (Wildman–Crippen LogP) is 1.65. The van der Waals surface area contributed by atoms with Crippen LogP contribution in [0.2, 0.25) is 0 Å². The second-order valence-electron chi connectivity index (χ2n) is 6.48. The Hall–Kier alpha value is -2.89. The van der Waals surface area contributed by atoms with Crippen LogP contribution in [0.4, 0.5) is 5.82 Å². The van der Waals surface area contributed by atoms with Crippen LogP contribution < -0.4 is 4.90 Å². The fourth-order valence-corrected chi connectivity index (χ4v) is 3.51. The van der Waals surface area contributed by atoms with E-state index in [0.717, 1.165) is 16.7 Å². The Morgan fingerprint density at radius 1 is 1.12 bits per heavy atom. The van der Waals surface area contributed by atoms with Crippen LogP contribution in [0.25, 0.3) is 0 Å². The highest BCUT2D eigenvalue weighted by Gasteiger charge is 2.29. The quantitative estimate of drug-likeness (QED) is 0.904. The van der Waals surface area contributed by atoms with Gasteiger partial charge in [-0.1, -0.05) is 12.1 Å². The summed E-state index contributed by atoms with van der Waals surface area (Å²) in [6.45, 7) is 1.12. The number of nitrogens with zero attached hydrogens (tertiary/aromatic N) is 3. The molecule has 0 saturated carbocycles. The summed E-state index contributed by atoms with van der Waals surface area (Å²) < 4.78 is 0. The van der Waals surface area contributed by atoms with Crippen molar-refractivity contribution in [2.24, 2.45) is 0 Å². The first-order valence-electron chi connectivity index (χ1n) is 8.44. The average molecular weight is 337 g/mol. The molecule has 0 aliphatic carbocycles. The monoisotopic (exact) mass is 337 g/mol. The van der Waals surface area contributed by atoms with Crippen molar-refractivity contribution in [2.75, 3.05) is 18.0 Å². The topological polar surface area (TPSA) is 73.7 Å². The highest BCUT2D eigenvalue weighted by molar-refractivity contribution is 6.00. The number of hydrogen-bond acceptors (Lipinski definition) is 4. The zero-order valence-corrected chi connectivity index (χ0v) is 13.8. The molecule has 0 unspecified atom stereocenters. The first-order valence-corrected chi connectivity index (χ1v) is 8.44. The third kappa shape index (κ3) is 2.95. The van der Waals surface area contributed by atoms with Crippen molar-refractivity contribution >= 4 is 17.6 Å². The minimum atomic E-state index is -0.0782. The maximum atomic E-state index is 12.8. The molecular formula is C19H19N3O3. The summed E-state index contributed by atoms with van der Waals surface area (Å²) in [4.78, 5) is 32.6. The standard InChI is InChI=1S/C19H19N3O3/c23-16-5-3-15-11-21(9-7-14(15)10-16)18(25)12-22-17(24)6-4-13-2-1-8-20-19(13)22/h1-3,5,8,10,23H,4,6-7,9,11-12H2. The Labute approximate surface area is 145 Å². The summed E-state index contributed by atoms with van der Waals surface area (Å²) in [5.74, 6) is 0.724. The van der Waals surface area contributed by atoms with Crippen LogP contribution in [0.1, 0.15) is 23.1 Å². The molecule has 1 N–H and O–H groups in total. The highest BCUT2D eigenvalue weighted by Crippen LogP contribution is 2.26. The summed E-state index contributed by atoms with van der Waals surface area (Å²) in [7, 11) is 0. The van der Waals surface area contributed by atoms with Gasteiger partial charge in [-0.2, -0.15) is 0 Å². The van der Waals surface area contributed by atoms with Crippen LogP contribution in [-0.4, -0.2) is 39.9 Å². The lowest BCUT2D eigenvalue weighted by Crippen LogP contribution is -2.46. The van der Waals surface area contributed by atoms with Crippen molar-refractivity contribution in [3.05, 3.63) is 53.2 Å². The van der Waals surface area contributed by atoms with Crippen molar-refractivity contribution in [3.63, 3.8) is 0 Å². The SMILES string of the molecule is O=C(CN1C(=O)CCc2cccnc21)N1CCc2cc(O)ccc2C1. The summed E-state index contributed by atoms with van der Waals surface area (Å²) in [6, 6.07) is 9.06. The predicted molar refractivity (Wildman–Crippen MR) is 92.1 cm³/mol. The van der Waals surface area contributed by atoms with Gasteiger partial charge in [0.1, 0.15) is 18.1 Å². The Bertz CT molecular complexity index is 850. The van der Waals surface area contributed by atoms with Crippen molar-refractivity contribution < 1.29 is 14.7 Å². The van der Waals surface area contributed by atoms with Crippen molar-refractivity contribution in [1.29, 1.82) is 0 Å².